The summed E-state index contributed by atoms with van der Waals surface area (Å²) in [5, 5.41) is -1.07. The van der Waals surface area contributed by atoms with Gasteiger partial charge in [0.15, 0.2) is 5.82 Å². The quantitative estimate of drug-likeness (QED) is 0.776. The number of hydrogen-bond acceptors (Lipinski definition) is 3. The third-order valence-corrected chi connectivity index (χ3v) is 3.18. The van der Waals surface area contributed by atoms with Gasteiger partial charge >= 0.3 is 0 Å². The number of aryl methyl sites for hydroxylation is 1. The summed E-state index contributed by atoms with van der Waals surface area (Å²) in [4.78, 5) is 10.0. The van der Waals surface area contributed by atoms with Gasteiger partial charge in [0.2, 0.25) is 0 Å². The van der Waals surface area contributed by atoms with Gasteiger partial charge in [-0.05, 0) is 36.2 Å². The minimum Gasteiger partial charge on any atom is -0.275 e. The van der Waals surface area contributed by atoms with Crippen molar-refractivity contribution in [3.63, 3.8) is 0 Å². The molecule has 0 atom stereocenters. The first kappa shape index (κ1) is 12.4. The highest BCUT2D eigenvalue weighted by Crippen LogP contribution is 2.24. The minimum absolute atomic E-state index is 0.375. The van der Waals surface area contributed by atoms with E-state index in [1.165, 1.54) is 6.92 Å². The van der Waals surface area contributed by atoms with Crippen molar-refractivity contribution in [2.45, 2.75) is 11.8 Å². The van der Waals surface area contributed by atoms with Gasteiger partial charge in [-0.1, -0.05) is 0 Å². The highest BCUT2D eigenvalue weighted by Gasteiger charge is 2.22. The van der Waals surface area contributed by atoms with E-state index in [2.05, 4.69) is 0 Å². The first-order valence-electron chi connectivity index (χ1n) is 3.68. The fourth-order valence-corrected chi connectivity index (χ4v) is 2.18. The highest BCUT2D eigenvalue weighted by atomic mass is 35.7. The lowest BCUT2D eigenvalue weighted by atomic mass is 10.1. The Labute approximate surface area is 95.2 Å². The van der Waals surface area contributed by atoms with E-state index < -0.39 is 30.6 Å². The van der Waals surface area contributed by atoms with Gasteiger partial charge in [-0.3, -0.25) is 4.79 Å². The molecule has 0 aliphatic rings. The van der Waals surface area contributed by atoms with E-state index in [0.29, 0.717) is 5.56 Å². The molecular weight excluding hydrogens is 266 g/mol. The number of halogens is 3. The topological polar surface area (TPSA) is 51.2 Å². The molecule has 0 aliphatic carbocycles. The molecule has 82 valence electrons. The Morgan fingerprint density at radius 3 is 2.33 bits per heavy atom. The molecule has 1 rings (SSSR count). The van der Waals surface area contributed by atoms with Gasteiger partial charge in [0.25, 0.3) is 14.3 Å². The van der Waals surface area contributed by atoms with E-state index in [1.54, 1.807) is 0 Å². The summed E-state index contributed by atoms with van der Waals surface area (Å²) < 4.78 is 35.3. The van der Waals surface area contributed by atoms with E-state index in [9.17, 15) is 17.6 Å². The lowest BCUT2D eigenvalue weighted by Gasteiger charge is -2.04. The van der Waals surface area contributed by atoms with E-state index in [4.69, 9.17) is 22.3 Å². The molecule has 0 unspecified atom stereocenters. The second-order valence-electron chi connectivity index (χ2n) is 2.84. The molecule has 0 saturated carbocycles. The summed E-state index contributed by atoms with van der Waals surface area (Å²) >= 11 is 5.09. The lowest BCUT2D eigenvalue weighted by molar-refractivity contribution is 0.107. The minimum atomic E-state index is -4.23. The van der Waals surface area contributed by atoms with Crippen LogP contribution in [0.4, 0.5) is 4.39 Å². The van der Waals surface area contributed by atoms with Crippen LogP contribution in [0.5, 0.6) is 0 Å². The van der Waals surface area contributed by atoms with Crippen molar-refractivity contribution in [1.82, 2.24) is 0 Å². The molecule has 0 heterocycles. The van der Waals surface area contributed by atoms with Crippen LogP contribution >= 0.6 is 22.3 Å². The average molecular weight is 271 g/mol. The fourth-order valence-electron chi connectivity index (χ4n) is 1.06. The summed E-state index contributed by atoms with van der Waals surface area (Å²) in [6.07, 6.45) is 0. The van der Waals surface area contributed by atoms with Crippen LogP contribution in [0.2, 0.25) is 0 Å². The zero-order valence-corrected chi connectivity index (χ0v) is 9.75. The van der Waals surface area contributed by atoms with E-state index in [0.717, 1.165) is 12.1 Å². The molecule has 0 saturated heterocycles. The van der Waals surface area contributed by atoms with Gasteiger partial charge in [0, 0.05) is 10.7 Å². The second kappa shape index (κ2) is 4.08. The fraction of sp³-hybridized carbons (Fsp3) is 0.125. The zero-order valence-electron chi connectivity index (χ0n) is 7.42. The summed E-state index contributed by atoms with van der Waals surface area (Å²) in [6.45, 7) is 1.49. The molecule has 0 aromatic heterocycles. The molecule has 0 amide bonds. The van der Waals surface area contributed by atoms with Crippen LogP contribution in [0.15, 0.2) is 17.0 Å². The maximum atomic E-state index is 13.4. The van der Waals surface area contributed by atoms with Crippen LogP contribution in [0, 0.1) is 12.7 Å². The SMILES string of the molecule is Cc1cc(C(=O)Cl)c(F)c(S(=O)(=O)Cl)c1. The molecule has 1 aromatic rings. The molecule has 0 aliphatic heterocycles. The maximum absolute atomic E-state index is 13.4. The highest BCUT2D eigenvalue weighted by molar-refractivity contribution is 8.13. The Morgan fingerprint density at radius 1 is 1.40 bits per heavy atom. The summed E-state index contributed by atoms with van der Waals surface area (Å²) in [5.41, 5.74) is -0.129. The Bertz CT molecular complexity index is 525. The van der Waals surface area contributed by atoms with Gasteiger partial charge in [-0.15, -0.1) is 0 Å². The number of benzene rings is 1. The van der Waals surface area contributed by atoms with Crippen LogP contribution < -0.4 is 0 Å². The largest absolute Gasteiger partial charge is 0.275 e. The number of rotatable bonds is 2. The van der Waals surface area contributed by atoms with E-state index >= 15 is 0 Å². The Kier molecular flexibility index (Phi) is 3.38. The Hall–Kier alpha value is -0.650. The monoisotopic (exact) mass is 270 g/mol. The molecule has 0 fully saturated rings. The molecule has 0 radical (unpaired) electrons. The van der Waals surface area contributed by atoms with Gasteiger partial charge in [-0.2, -0.15) is 0 Å². The third-order valence-electron chi connectivity index (χ3n) is 1.66. The normalized spacial score (nSPS) is 11.5. The van der Waals surface area contributed by atoms with E-state index in [1.807, 2.05) is 0 Å². The molecule has 7 heteroatoms. The van der Waals surface area contributed by atoms with Crippen LogP contribution in [-0.2, 0) is 9.05 Å². The second-order valence-corrected chi connectivity index (χ2v) is 5.71. The first-order chi connectivity index (χ1) is 6.73. The van der Waals surface area contributed by atoms with Crippen molar-refractivity contribution >= 4 is 36.6 Å². The van der Waals surface area contributed by atoms with Crippen molar-refractivity contribution < 1.29 is 17.6 Å². The average Bonchev–Trinajstić information content (AvgIpc) is 2.06. The molecular formula is C8H5Cl2FO3S. The summed E-state index contributed by atoms with van der Waals surface area (Å²) in [5.74, 6) is -1.23. The van der Waals surface area contributed by atoms with Crippen molar-refractivity contribution in [2.75, 3.05) is 0 Å². The molecule has 3 nitrogen and oxygen atoms in total. The van der Waals surface area contributed by atoms with Crippen molar-refractivity contribution in [1.29, 1.82) is 0 Å². The van der Waals surface area contributed by atoms with Crippen LogP contribution in [0.25, 0.3) is 0 Å². The third kappa shape index (κ3) is 2.68. The van der Waals surface area contributed by atoms with E-state index in [-0.39, 0.29) is 0 Å². The van der Waals surface area contributed by atoms with Crippen LogP contribution in [0.1, 0.15) is 15.9 Å². The smallest absolute Gasteiger partial charge is 0.264 e. The van der Waals surface area contributed by atoms with Gasteiger partial charge < -0.3 is 0 Å². The summed E-state index contributed by atoms with van der Waals surface area (Å²) in [6, 6.07) is 2.18. The van der Waals surface area contributed by atoms with Crippen molar-refractivity contribution in [2.24, 2.45) is 0 Å². The van der Waals surface area contributed by atoms with Gasteiger partial charge in [0.1, 0.15) is 4.90 Å². The van der Waals surface area contributed by atoms with Gasteiger partial charge in [0.05, 0.1) is 5.56 Å². The predicted molar refractivity (Wildman–Crippen MR) is 54.4 cm³/mol. The van der Waals surface area contributed by atoms with Gasteiger partial charge in [-0.25, -0.2) is 12.8 Å². The molecule has 0 spiro atoms. The number of hydrogen-bond donors (Lipinski definition) is 0. The first-order valence-corrected chi connectivity index (χ1v) is 6.37. The predicted octanol–water partition coefficient (Wildman–Crippen LogP) is 2.44. The maximum Gasteiger partial charge on any atom is 0.264 e. The molecule has 0 bridgehead atoms. The lowest BCUT2D eigenvalue weighted by Crippen LogP contribution is -2.03. The summed E-state index contributed by atoms with van der Waals surface area (Å²) in [7, 11) is 0.765. The number of carbonyl (C=O) groups excluding carboxylic acids is 1. The Morgan fingerprint density at radius 2 is 1.93 bits per heavy atom. The standard InChI is InChI=1S/C8H5Cl2FO3S/c1-4-2-5(8(9)12)7(11)6(3-4)15(10,13)14/h2-3H,1H3. The van der Waals surface area contributed by atoms with Crippen molar-refractivity contribution in [3.8, 4) is 0 Å². The van der Waals surface area contributed by atoms with Crippen LogP contribution in [0.3, 0.4) is 0 Å². The van der Waals surface area contributed by atoms with Crippen molar-refractivity contribution in [3.05, 3.63) is 29.1 Å². The zero-order chi connectivity index (χ0) is 11.8. The van der Waals surface area contributed by atoms with Crippen LogP contribution in [-0.4, -0.2) is 13.7 Å². The number of carbonyl (C=O) groups is 1. The molecule has 0 N–H and O–H groups in total. The Balaban J connectivity index is 3.63. The molecule has 15 heavy (non-hydrogen) atoms. The molecule has 1 aromatic carbocycles.